The second-order valence-corrected chi connectivity index (χ2v) is 22.8. The van der Waals surface area contributed by atoms with Gasteiger partial charge in [0.25, 0.3) is 0 Å². The number of carbonyl (C=O) groups excluding carboxylic acids is 3. The molecule has 0 fully saturated rings. The maximum absolute atomic E-state index is 12.9. The van der Waals surface area contributed by atoms with E-state index in [0.717, 1.165) is 69.6 Å². The van der Waals surface area contributed by atoms with Crippen LogP contribution in [0.1, 0.15) is 362 Å². The fourth-order valence-corrected chi connectivity index (χ4v) is 9.90. The molecule has 1 unspecified atom stereocenters. The van der Waals surface area contributed by atoms with Gasteiger partial charge in [-0.2, -0.15) is 0 Å². The molecule has 0 saturated carbocycles. The summed E-state index contributed by atoms with van der Waals surface area (Å²) in [6.07, 6.45) is 62.4. The van der Waals surface area contributed by atoms with E-state index in [0.29, 0.717) is 19.3 Å². The summed E-state index contributed by atoms with van der Waals surface area (Å²) in [6, 6.07) is 0. The second kappa shape index (κ2) is 56.7. The number of carbonyl (C=O) groups is 3. The smallest absolute Gasteiger partial charge is 0.306 e. The Bertz CT molecular complexity index is 1070. The third-order valence-electron chi connectivity index (χ3n) is 15.1. The van der Waals surface area contributed by atoms with Crippen molar-refractivity contribution in [1.82, 2.24) is 0 Å². The van der Waals surface area contributed by atoms with Crippen molar-refractivity contribution in [3.05, 3.63) is 0 Å². The van der Waals surface area contributed by atoms with E-state index in [9.17, 15) is 14.4 Å². The number of rotatable bonds is 58. The minimum atomic E-state index is -0.763. The highest BCUT2D eigenvalue weighted by atomic mass is 16.6. The van der Waals surface area contributed by atoms with Gasteiger partial charge in [-0.1, -0.05) is 324 Å². The number of hydrogen-bond acceptors (Lipinski definition) is 6. The highest BCUT2D eigenvalue weighted by Gasteiger charge is 2.19. The predicted octanol–water partition coefficient (Wildman–Crippen LogP) is 21.2. The van der Waals surface area contributed by atoms with E-state index in [4.69, 9.17) is 14.2 Å². The fraction of sp³-hybridized carbons (Fsp3) is 0.953. The van der Waals surface area contributed by atoms with Gasteiger partial charge in [-0.3, -0.25) is 14.4 Å². The lowest BCUT2D eigenvalue weighted by molar-refractivity contribution is -0.167. The van der Waals surface area contributed by atoms with Gasteiger partial charge in [0.05, 0.1) is 0 Å². The molecular formula is C64H124O6. The monoisotopic (exact) mass is 989 g/mol. The van der Waals surface area contributed by atoms with Gasteiger partial charge in [-0.15, -0.1) is 0 Å². The Labute approximate surface area is 438 Å². The van der Waals surface area contributed by atoms with Crippen molar-refractivity contribution < 1.29 is 28.6 Å². The molecule has 0 spiro atoms. The van der Waals surface area contributed by atoms with Gasteiger partial charge in [-0.25, -0.2) is 0 Å². The second-order valence-electron chi connectivity index (χ2n) is 22.8. The Balaban J connectivity index is 4.26. The SMILES string of the molecule is CCCCCCCCCCCCCCCC(=O)OC[C@H](COC(=O)CCCCCCCCCCCCCCCCC(C)CC)OC(=O)CCCCCCCCCCCCCCCCCCCCC(C)C. The third-order valence-corrected chi connectivity index (χ3v) is 15.1. The largest absolute Gasteiger partial charge is 0.462 e. The molecule has 0 heterocycles. The maximum Gasteiger partial charge on any atom is 0.306 e. The number of unbranched alkanes of at least 4 members (excludes halogenated alkanes) is 42. The average Bonchev–Trinajstić information content (AvgIpc) is 3.35. The number of esters is 3. The van der Waals surface area contributed by atoms with E-state index >= 15 is 0 Å². The zero-order valence-corrected chi connectivity index (χ0v) is 48.2. The molecule has 0 N–H and O–H groups in total. The Morgan fingerprint density at radius 2 is 0.543 bits per heavy atom. The van der Waals surface area contributed by atoms with Gasteiger partial charge >= 0.3 is 17.9 Å². The summed E-state index contributed by atoms with van der Waals surface area (Å²) in [6.45, 7) is 11.5. The zero-order chi connectivity index (χ0) is 51.1. The summed E-state index contributed by atoms with van der Waals surface area (Å²) in [4.78, 5) is 38.3. The van der Waals surface area contributed by atoms with Gasteiger partial charge in [0.1, 0.15) is 13.2 Å². The molecule has 0 bridgehead atoms. The quantitative estimate of drug-likeness (QED) is 0.0343. The summed E-state index contributed by atoms with van der Waals surface area (Å²) in [5, 5.41) is 0. The predicted molar refractivity (Wildman–Crippen MR) is 303 cm³/mol. The van der Waals surface area contributed by atoms with Gasteiger partial charge in [0.15, 0.2) is 6.10 Å². The van der Waals surface area contributed by atoms with Crippen LogP contribution >= 0.6 is 0 Å². The first-order valence-corrected chi connectivity index (χ1v) is 31.8. The van der Waals surface area contributed by atoms with Gasteiger partial charge in [0, 0.05) is 19.3 Å². The van der Waals surface area contributed by atoms with Crippen molar-refractivity contribution in [2.45, 2.75) is 368 Å². The maximum atomic E-state index is 12.9. The first-order valence-electron chi connectivity index (χ1n) is 31.8. The van der Waals surface area contributed by atoms with Crippen LogP contribution in [0.3, 0.4) is 0 Å². The zero-order valence-electron chi connectivity index (χ0n) is 48.2. The molecule has 0 saturated heterocycles. The molecule has 0 aliphatic carbocycles. The Hall–Kier alpha value is -1.59. The van der Waals surface area contributed by atoms with Crippen molar-refractivity contribution in [3.63, 3.8) is 0 Å². The van der Waals surface area contributed by atoms with Crippen LogP contribution in [0.4, 0.5) is 0 Å². The minimum Gasteiger partial charge on any atom is -0.462 e. The van der Waals surface area contributed by atoms with E-state index in [1.165, 1.54) is 250 Å². The van der Waals surface area contributed by atoms with Crippen molar-refractivity contribution in [3.8, 4) is 0 Å². The van der Waals surface area contributed by atoms with Crippen molar-refractivity contribution in [1.29, 1.82) is 0 Å². The van der Waals surface area contributed by atoms with Crippen molar-refractivity contribution in [2.24, 2.45) is 11.8 Å². The Morgan fingerprint density at radius 1 is 0.300 bits per heavy atom. The van der Waals surface area contributed by atoms with E-state index < -0.39 is 6.10 Å². The molecule has 2 atom stereocenters. The Morgan fingerprint density at radius 3 is 0.814 bits per heavy atom. The molecule has 6 nitrogen and oxygen atoms in total. The Kier molecular flexibility index (Phi) is 55.4. The average molecular weight is 990 g/mol. The topological polar surface area (TPSA) is 78.9 Å². The van der Waals surface area contributed by atoms with Crippen molar-refractivity contribution >= 4 is 17.9 Å². The fourth-order valence-electron chi connectivity index (χ4n) is 9.90. The van der Waals surface area contributed by atoms with E-state index in [-0.39, 0.29) is 31.1 Å². The van der Waals surface area contributed by atoms with Gasteiger partial charge in [-0.05, 0) is 31.1 Å². The lowest BCUT2D eigenvalue weighted by Crippen LogP contribution is -2.30. The van der Waals surface area contributed by atoms with Crippen LogP contribution in [0.2, 0.25) is 0 Å². The highest BCUT2D eigenvalue weighted by Crippen LogP contribution is 2.19. The standard InChI is InChI=1S/C64H124O6/c1-6-8-9-10-11-12-13-22-29-34-39-44-49-54-62(65)68-57-61(58-69-63(66)55-50-45-40-35-30-25-21-20-24-28-33-38-43-48-53-60(5)7-2)70-64(67)56-51-46-41-36-31-26-19-17-15-14-16-18-23-27-32-37-42-47-52-59(3)4/h59-61H,6-58H2,1-5H3/t60?,61-/m1/s1. The van der Waals surface area contributed by atoms with Crippen LogP contribution < -0.4 is 0 Å². The summed E-state index contributed by atoms with van der Waals surface area (Å²) in [7, 11) is 0. The van der Waals surface area contributed by atoms with Crippen LogP contribution in [0, 0.1) is 11.8 Å². The number of hydrogen-bond donors (Lipinski definition) is 0. The molecule has 6 heteroatoms. The van der Waals surface area contributed by atoms with Crippen LogP contribution in [-0.4, -0.2) is 37.2 Å². The van der Waals surface area contributed by atoms with Gasteiger partial charge in [0.2, 0.25) is 0 Å². The molecule has 0 aromatic heterocycles. The lowest BCUT2D eigenvalue weighted by Gasteiger charge is -2.18. The van der Waals surface area contributed by atoms with Crippen LogP contribution in [-0.2, 0) is 28.6 Å². The molecule has 0 aliphatic rings. The van der Waals surface area contributed by atoms with E-state index in [1.54, 1.807) is 0 Å². The van der Waals surface area contributed by atoms with Crippen LogP contribution in [0.5, 0.6) is 0 Å². The minimum absolute atomic E-state index is 0.0619. The van der Waals surface area contributed by atoms with E-state index in [1.807, 2.05) is 0 Å². The number of ether oxygens (including phenoxy) is 3. The third kappa shape index (κ3) is 55.7. The molecule has 0 aliphatic heterocycles. The molecular weight excluding hydrogens is 865 g/mol. The highest BCUT2D eigenvalue weighted by molar-refractivity contribution is 5.71. The van der Waals surface area contributed by atoms with Crippen molar-refractivity contribution in [2.75, 3.05) is 13.2 Å². The summed E-state index contributed by atoms with van der Waals surface area (Å²) < 4.78 is 16.9. The molecule has 416 valence electrons. The van der Waals surface area contributed by atoms with E-state index in [2.05, 4.69) is 34.6 Å². The summed E-state index contributed by atoms with van der Waals surface area (Å²) in [5.74, 6) is 0.922. The first kappa shape index (κ1) is 68.4. The molecule has 0 amide bonds. The summed E-state index contributed by atoms with van der Waals surface area (Å²) >= 11 is 0. The molecule has 0 aromatic carbocycles. The summed E-state index contributed by atoms with van der Waals surface area (Å²) in [5.41, 5.74) is 0. The molecule has 0 radical (unpaired) electrons. The molecule has 0 aromatic rings. The van der Waals surface area contributed by atoms with Crippen LogP contribution in [0.15, 0.2) is 0 Å². The first-order chi connectivity index (χ1) is 34.3. The molecule has 70 heavy (non-hydrogen) atoms. The normalized spacial score (nSPS) is 12.4. The lowest BCUT2D eigenvalue weighted by atomic mass is 9.99. The van der Waals surface area contributed by atoms with Gasteiger partial charge < -0.3 is 14.2 Å². The molecule has 0 rings (SSSR count). The van der Waals surface area contributed by atoms with Crippen LogP contribution in [0.25, 0.3) is 0 Å².